The van der Waals surface area contributed by atoms with Gasteiger partial charge < -0.3 is 10.3 Å². The van der Waals surface area contributed by atoms with E-state index in [4.69, 9.17) is 0 Å². The molecule has 6 nitrogen and oxygen atoms in total. The molecular weight excluding hydrogens is 268 g/mol. The van der Waals surface area contributed by atoms with Gasteiger partial charge in [-0.3, -0.25) is 14.3 Å². The van der Waals surface area contributed by atoms with Crippen LogP contribution in [0.3, 0.4) is 0 Å². The number of carbonyl (C=O) groups excluding carboxylic acids is 1. The number of pyridine rings is 1. The molecule has 0 spiro atoms. The zero-order valence-corrected chi connectivity index (χ0v) is 12.9. The van der Waals surface area contributed by atoms with E-state index in [-0.39, 0.29) is 23.1 Å². The van der Waals surface area contributed by atoms with E-state index in [2.05, 4.69) is 15.4 Å². The molecule has 2 aromatic rings. The van der Waals surface area contributed by atoms with Crippen molar-refractivity contribution >= 4 is 5.91 Å². The molecule has 1 amide bonds. The van der Waals surface area contributed by atoms with Crippen LogP contribution in [-0.2, 0) is 7.05 Å². The molecule has 21 heavy (non-hydrogen) atoms. The molecule has 0 aromatic carbocycles. The van der Waals surface area contributed by atoms with Crippen LogP contribution in [0.1, 0.15) is 46.0 Å². The molecular formula is C15H20N4O2. The maximum atomic E-state index is 12.2. The molecule has 1 unspecified atom stereocenters. The highest BCUT2D eigenvalue weighted by molar-refractivity contribution is 5.94. The van der Waals surface area contributed by atoms with Crippen molar-refractivity contribution in [3.63, 3.8) is 0 Å². The van der Waals surface area contributed by atoms with Crippen molar-refractivity contribution in [3.8, 4) is 0 Å². The Morgan fingerprint density at radius 1 is 1.33 bits per heavy atom. The minimum absolute atomic E-state index is 0.117. The van der Waals surface area contributed by atoms with Crippen LogP contribution in [0.5, 0.6) is 0 Å². The summed E-state index contributed by atoms with van der Waals surface area (Å²) in [4.78, 5) is 26.7. The summed E-state index contributed by atoms with van der Waals surface area (Å²) in [5.41, 5.74) is 3.32. The first-order valence-electron chi connectivity index (χ1n) is 6.82. The average molecular weight is 288 g/mol. The lowest BCUT2D eigenvalue weighted by Gasteiger charge is -2.14. The van der Waals surface area contributed by atoms with E-state index in [0.717, 1.165) is 22.6 Å². The van der Waals surface area contributed by atoms with Crippen molar-refractivity contribution in [1.82, 2.24) is 20.1 Å². The van der Waals surface area contributed by atoms with Gasteiger partial charge in [-0.1, -0.05) is 0 Å². The normalized spacial score (nSPS) is 12.2. The summed E-state index contributed by atoms with van der Waals surface area (Å²) in [6.45, 7) is 7.52. The Kier molecular flexibility index (Phi) is 3.97. The lowest BCUT2D eigenvalue weighted by molar-refractivity contribution is 0.0938. The number of aryl methyl sites for hydroxylation is 3. The van der Waals surface area contributed by atoms with Gasteiger partial charge in [-0.2, -0.15) is 5.10 Å². The molecule has 1 atom stereocenters. The maximum Gasteiger partial charge on any atom is 0.260 e. The fraction of sp³-hybridized carbons (Fsp3) is 0.400. The molecule has 2 N–H and O–H groups in total. The van der Waals surface area contributed by atoms with E-state index >= 15 is 0 Å². The second-order valence-corrected chi connectivity index (χ2v) is 5.29. The predicted molar refractivity (Wildman–Crippen MR) is 80.4 cm³/mol. The first-order valence-corrected chi connectivity index (χ1v) is 6.82. The minimum atomic E-state index is -0.383. The van der Waals surface area contributed by atoms with Gasteiger partial charge in [0.15, 0.2) is 0 Å². The van der Waals surface area contributed by atoms with E-state index in [1.165, 1.54) is 0 Å². The number of H-pyrrole nitrogens is 1. The van der Waals surface area contributed by atoms with Crippen molar-refractivity contribution in [2.45, 2.75) is 33.7 Å². The highest BCUT2D eigenvalue weighted by atomic mass is 16.2. The number of aromatic nitrogens is 3. The molecule has 0 aliphatic carbocycles. The van der Waals surface area contributed by atoms with E-state index in [0.29, 0.717) is 0 Å². The highest BCUT2D eigenvalue weighted by Gasteiger charge is 2.19. The Morgan fingerprint density at radius 2 is 2.00 bits per heavy atom. The average Bonchev–Trinajstić information content (AvgIpc) is 2.62. The Morgan fingerprint density at radius 3 is 2.52 bits per heavy atom. The van der Waals surface area contributed by atoms with Crippen LogP contribution in [0.15, 0.2) is 16.9 Å². The van der Waals surface area contributed by atoms with Crippen molar-refractivity contribution < 1.29 is 4.79 Å². The molecule has 0 aliphatic heterocycles. The van der Waals surface area contributed by atoms with Crippen LogP contribution in [0.4, 0.5) is 0 Å². The zero-order chi connectivity index (χ0) is 15.7. The Bertz CT molecular complexity index is 743. The molecule has 2 rings (SSSR count). The predicted octanol–water partition coefficient (Wildman–Crippen LogP) is 1.52. The highest BCUT2D eigenvalue weighted by Crippen LogP contribution is 2.20. The molecule has 2 aromatic heterocycles. The monoisotopic (exact) mass is 288 g/mol. The Hall–Kier alpha value is -2.37. The first kappa shape index (κ1) is 15.0. The standard InChI is InChI=1S/C15H20N4O2/c1-8-6-7-12(14(20)16-8)15(21)17-9(2)13-10(3)18-19(5)11(13)4/h6-7,9H,1-5H3,(H,16,20)(H,17,21). The Labute approximate surface area is 123 Å². The number of hydrogen-bond acceptors (Lipinski definition) is 3. The van der Waals surface area contributed by atoms with Crippen LogP contribution in [0.2, 0.25) is 0 Å². The van der Waals surface area contributed by atoms with E-state index in [1.807, 2.05) is 27.8 Å². The second kappa shape index (κ2) is 5.55. The van der Waals surface area contributed by atoms with Crippen molar-refractivity contribution in [3.05, 3.63) is 50.7 Å². The topological polar surface area (TPSA) is 79.8 Å². The summed E-state index contributed by atoms with van der Waals surface area (Å²) in [6.07, 6.45) is 0. The molecule has 2 heterocycles. The summed E-state index contributed by atoms with van der Waals surface area (Å²) < 4.78 is 1.78. The zero-order valence-electron chi connectivity index (χ0n) is 12.9. The third-order valence-electron chi connectivity index (χ3n) is 3.65. The van der Waals surface area contributed by atoms with Gasteiger partial charge in [-0.15, -0.1) is 0 Å². The molecule has 6 heteroatoms. The summed E-state index contributed by atoms with van der Waals surface area (Å²) in [7, 11) is 1.87. The summed E-state index contributed by atoms with van der Waals surface area (Å²) in [6, 6.07) is 3.03. The van der Waals surface area contributed by atoms with Crippen LogP contribution in [0, 0.1) is 20.8 Å². The third-order valence-corrected chi connectivity index (χ3v) is 3.65. The van der Waals surface area contributed by atoms with E-state index in [9.17, 15) is 9.59 Å². The van der Waals surface area contributed by atoms with Gasteiger partial charge >= 0.3 is 0 Å². The molecule has 0 saturated heterocycles. The van der Waals surface area contributed by atoms with Crippen molar-refractivity contribution in [2.24, 2.45) is 7.05 Å². The van der Waals surface area contributed by atoms with Gasteiger partial charge in [0.1, 0.15) is 5.56 Å². The van der Waals surface area contributed by atoms with Gasteiger partial charge in [-0.05, 0) is 39.8 Å². The van der Waals surface area contributed by atoms with Crippen LogP contribution < -0.4 is 10.9 Å². The lowest BCUT2D eigenvalue weighted by Crippen LogP contribution is -2.32. The second-order valence-electron chi connectivity index (χ2n) is 5.29. The van der Waals surface area contributed by atoms with Gasteiger partial charge in [0, 0.05) is 24.0 Å². The number of nitrogens with zero attached hydrogens (tertiary/aromatic N) is 2. The molecule has 0 aliphatic rings. The fourth-order valence-corrected chi connectivity index (χ4v) is 2.51. The van der Waals surface area contributed by atoms with Crippen LogP contribution in [0.25, 0.3) is 0 Å². The molecule has 0 fully saturated rings. The molecule has 0 bridgehead atoms. The van der Waals surface area contributed by atoms with Gasteiger partial charge in [-0.25, -0.2) is 0 Å². The molecule has 0 radical (unpaired) electrons. The SMILES string of the molecule is Cc1ccc(C(=O)NC(C)c2c(C)nn(C)c2C)c(=O)[nH]1. The number of hydrogen-bond donors (Lipinski definition) is 2. The number of carbonyl (C=O) groups is 1. The number of nitrogens with one attached hydrogen (secondary N) is 2. The van der Waals surface area contributed by atoms with Crippen molar-refractivity contribution in [2.75, 3.05) is 0 Å². The quantitative estimate of drug-likeness (QED) is 0.898. The van der Waals surface area contributed by atoms with Gasteiger partial charge in [0.2, 0.25) is 0 Å². The van der Waals surface area contributed by atoms with E-state index in [1.54, 1.807) is 23.7 Å². The maximum absolute atomic E-state index is 12.2. The summed E-state index contributed by atoms with van der Waals surface area (Å²) in [5.74, 6) is -0.383. The summed E-state index contributed by atoms with van der Waals surface area (Å²) in [5, 5.41) is 7.19. The fourth-order valence-electron chi connectivity index (χ4n) is 2.51. The van der Waals surface area contributed by atoms with Gasteiger partial charge in [0.05, 0.1) is 11.7 Å². The Balaban J connectivity index is 2.25. The third kappa shape index (κ3) is 2.89. The van der Waals surface area contributed by atoms with Gasteiger partial charge in [0.25, 0.3) is 11.5 Å². The summed E-state index contributed by atoms with van der Waals surface area (Å²) >= 11 is 0. The smallest absolute Gasteiger partial charge is 0.260 e. The minimum Gasteiger partial charge on any atom is -0.345 e. The number of amides is 1. The van der Waals surface area contributed by atoms with Crippen LogP contribution >= 0.6 is 0 Å². The molecule has 112 valence electrons. The molecule has 0 saturated carbocycles. The first-order chi connectivity index (χ1) is 9.81. The number of rotatable bonds is 3. The largest absolute Gasteiger partial charge is 0.345 e. The lowest BCUT2D eigenvalue weighted by atomic mass is 10.1. The number of aromatic amines is 1. The van der Waals surface area contributed by atoms with Crippen LogP contribution in [-0.4, -0.2) is 20.7 Å². The van der Waals surface area contributed by atoms with Crippen molar-refractivity contribution in [1.29, 1.82) is 0 Å². The van der Waals surface area contributed by atoms with E-state index < -0.39 is 0 Å².